The number of hydrogen-bond donors (Lipinski definition) is 4. The van der Waals surface area contributed by atoms with E-state index in [4.69, 9.17) is 11.6 Å². The van der Waals surface area contributed by atoms with E-state index in [1.807, 2.05) is 12.1 Å². The second-order valence-electron chi connectivity index (χ2n) is 5.79. The number of anilines is 3. The number of aryl methyl sites for hydroxylation is 1. The van der Waals surface area contributed by atoms with E-state index >= 15 is 0 Å². The summed E-state index contributed by atoms with van der Waals surface area (Å²) < 4.78 is 13.4. The van der Waals surface area contributed by atoms with Gasteiger partial charge >= 0.3 is 13.6 Å². The maximum atomic E-state index is 13.4. The third kappa shape index (κ3) is 5.70. The van der Waals surface area contributed by atoms with Gasteiger partial charge in [0.15, 0.2) is 0 Å². The molecular weight excluding hydrogens is 399 g/mol. The Bertz CT molecular complexity index is 938. The highest BCUT2D eigenvalue weighted by Crippen LogP contribution is 2.41. The highest BCUT2D eigenvalue weighted by Gasteiger charge is 2.25. The normalized spacial score (nSPS) is 10.8. The highest BCUT2D eigenvalue weighted by atomic mass is 35.5. The topological polar surface area (TPSA) is 108 Å². The number of amides is 2. The molecule has 0 atom stereocenters. The summed E-state index contributed by atoms with van der Waals surface area (Å²) in [6.45, 7) is 1.72. The number of rotatable bonds is 6. The summed E-state index contributed by atoms with van der Waals surface area (Å²) in [7, 11) is -3.63. The van der Waals surface area contributed by atoms with Crippen LogP contribution in [0.4, 0.5) is 22.1 Å². The van der Waals surface area contributed by atoms with Gasteiger partial charge in [-0.05, 0) is 37.3 Å². The predicted octanol–water partition coefficient (Wildman–Crippen LogP) is 4.89. The molecule has 1 heterocycles. The molecule has 0 aliphatic rings. The first-order chi connectivity index (χ1) is 13.4. The van der Waals surface area contributed by atoms with E-state index in [0.29, 0.717) is 17.1 Å². The Kier molecular flexibility index (Phi) is 6.13. The van der Waals surface area contributed by atoms with Crippen LogP contribution in [0.3, 0.4) is 0 Å². The molecule has 0 spiro atoms. The maximum Gasteiger partial charge on any atom is 0.356 e. The number of aromatic nitrogens is 2. The number of benzene rings is 2. The zero-order valence-electron chi connectivity index (χ0n) is 14.9. The van der Waals surface area contributed by atoms with Gasteiger partial charge < -0.3 is 10.2 Å². The van der Waals surface area contributed by atoms with Crippen molar-refractivity contribution in [3.8, 4) is 0 Å². The fourth-order valence-electron chi connectivity index (χ4n) is 2.33. The van der Waals surface area contributed by atoms with Crippen LogP contribution in [0, 0.1) is 6.92 Å². The second-order valence-corrected chi connectivity index (χ2v) is 8.06. The largest absolute Gasteiger partial charge is 0.356 e. The van der Waals surface area contributed by atoms with E-state index in [0.717, 1.165) is 0 Å². The minimum atomic E-state index is -3.63. The molecule has 2 amide bonds. The minimum absolute atomic E-state index is 0.00784. The molecule has 0 radical (unpaired) electrons. The van der Waals surface area contributed by atoms with Gasteiger partial charge in [-0.3, -0.25) is 15.0 Å². The van der Waals surface area contributed by atoms with E-state index in [9.17, 15) is 9.36 Å². The number of urea groups is 1. The first-order valence-electron chi connectivity index (χ1n) is 8.29. The molecule has 144 valence electrons. The quantitative estimate of drug-likeness (QED) is 0.336. The summed E-state index contributed by atoms with van der Waals surface area (Å²) in [5.41, 5.74) is 1.73. The average molecular weight is 417 g/mol. The monoisotopic (exact) mass is 416 g/mol. The second kappa shape index (κ2) is 8.73. The molecule has 3 aromatic rings. The number of para-hydroxylation sites is 2. The molecule has 0 unspecified atom stereocenters. The van der Waals surface area contributed by atoms with Gasteiger partial charge in [0, 0.05) is 17.1 Å². The molecule has 0 saturated carbocycles. The van der Waals surface area contributed by atoms with Gasteiger partial charge in [-0.2, -0.15) is 0 Å². The third-order valence-electron chi connectivity index (χ3n) is 3.43. The van der Waals surface area contributed by atoms with Crippen molar-refractivity contribution in [1.29, 1.82) is 0 Å². The molecule has 0 aliphatic heterocycles. The molecule has 3 rings (SSSR count). The van der Waals surface area contributed by atoms with Crippen molar-refractivity contribution in [2.45, 2.75) is 6.92 Å². The highest BCUT2D eigenvalue weighted by molar-refractivity contribution is 7.65. The molecule has 0 saturated heterocycles. The number of carbonyl (C=O) groups is 1. The number of halogens is 1. The van der Waals surface area contributed by atoms with Gasteiger partial charge in [-0.25, -0.2) is 14.8 Å². The van der Waals surface area contributed by atoms with Gasteiger partial charge in [0.2, 0.25) is 5.95 Å². The van der Waals surface area contributed by atoms with E-state index in [2.05, 4.69) is 30.5 Å². The van der Waals surface area contributed by atoms with Gasteiger partial charge in [0.1, 0.15) is 5.15 Å². The summed E-state index contributed by atoms with van der Waals surface area (Å²) >= 11 is 5.88. The smallest absolute Gasteiger partial charge is 0.304 e. The Morgan fingerprint density at radius 2 is 1.46 bits per heavy atom. The van der Waals surface area contributed by atoms with Crippen LogP contribution < -0.4 is 20.6 Å². The standard InChI is InChI=1S/C18H18ClN6O2P/c1-13-12-16(19)21-17(20-13)22-18(26)25-28(27,23-14-8-4-2-5-9-14)24-15-10-6-3-7-11-15/h2-12H,1H3,(H4,20,21,22,23,24,25,26,27). The van der Waals surface area contributed by atoms with Gasteiger partial charge in [0.25, 0.3) is 0 Å². The first-order valence-corrected chi connectivity index (χ1v) is 10.4. The van der Waals surface area contributed by atoms with Gasteiger partial charge in [-0.15, -0.1) is 0 Å². The van der Waals surface area contributed by atoms with Crippen LogP contribution in [0.5, 0.6) is 0 Å². The third-order valence-corrected chi connectivity index (χ3v) is 5.29. The molecule has 28 heavy (non-hydrogen) atoms. The SMILES string of the molecule is Cc1cc(Cl)nc(NC(=O)NP(=O)(Nc2ccccc2)Nc2ccccc2)n1. The fourth-order valence-corrected chi connectivity index (χ4v) is 4.10. The average Bonchev–Trinajstić information content (AvgIpc) is 2.61. The van der Waals surface area contributed by atoms with Crippen LogP contribution in [0.1, 0.15) is 5.69 Å². The summed E-state index contributed by atoms with van der Waals surface area (Å²) in [6, 6.07) is 18.6. The molecule has 0 aliphatic carbocycles. The zero-order chi connectivity index (χ0) is 20.0. The molecule has 1 aromatic heterocycles. The fraction of sp³-hybridized carbons (Fsp3) is 0.0556. The van der Waals surface area contributed by atoms with Crippen molar-refractivity contribution in [2.24, 2.45) is 0 Å². The van der Waals surface area contributed by atoms with Gasteiger partial charge in [-0.1, -0.05) is 48.0 Å². The van der Waals surface area contributed by atoms with Crippen molar-refractivity contribution in [2.75, 3.05) is 15.5 Å². The summed E-state index contributed by atoms with van der Waals surface area (Å²) in [5.74, 6) is 0.00784. The van der Waals surface area contributed by atoms with Crippen LogP contribution in [-0.4, -0.2) is 16.0 Å². The summed E-state index contributed by atoms with van der Waals surface area (Å²) in [6.07, 6.45) is 0. The van der Waals surface area contributed by atoms with Gasteiger partial charge in [0.05, 0.1) is 0 Å². The summed E-state index contributed by atoms with van der Waals surface area (Å²) in [5, 5.41) is 10.8. The van der Waals surface area contributed by atoms with Crippen molar-refractivity contribution in [1.82, 2.24) is 15.1 Å². The lowest BCUT2D eigenvalue weighted by molar-refractivity contribution is 0.256. The number of nitrogens with zero attached hydrogens (tertiary/aromatic N) is 2. The zero-order valence-corrected chi connectivity index (χ0v) is 16.5. The lowest BCUT2D eigenvalue weighted by atomic mass is 10.3. The van der Waals surface area contributed by atoms with E-state index in [1.54, 1.807) is 61.5 Å². The van der Waals surface area contributed by atoms with Crippen LogP contribution in [0.15, 0.2) is 66.7 Å². The molecule has 2 aromatic carbocycles. The van der Waals surface area contributed by atoms with E-state index in [-0.39, 0.29) is 11.1 Å². The Labute approximate surface area is 167 Å². The number of hydrogen-bond acceptors (Lipinski definition) is 4. The first kappa shape index (κ1) is 19.7. The van der Waals surface area contributed by atoms with E-state index < -0.39 is 13.6 Å². The molecule has 0 bridgehead atoms. The molecule has 10 heteroatoms. The lowest BCUT2D eigenvalue weighted by Crippen LogP contribution is -2.32. The van der Waals surface area contributed by atoms with Crippen LogP contribution in [0.2, 0.25) is 5.15 Å². The number of carbonyl (C=O) groups excluding carboxylic acids is 1. The Morgan fingerprint density at radius 3 is 1.96 bits per heavy atom. The lowest BCUT2D eigenvalue weighted by Gasteiger charge is -2.23. The predicted molar refractivity (Wildman–Crippen MR) is 112 cm³/mol. The van der Waals surface area contributed by atoms with Crippen molar-refractivity contribution in [3.63, 3.8) is 0 Å². The van der Waals surface area contributed by atoms with E-state index in [1.165, 1.54) is 0 Å². The Morgan fingerprint density at radius 1 is 0.929 bits per heavy atom. The molecule has 4 N–H and O–H groups in total. The Hall–Kier alpha value is -3.09. The van der Waals surface area contributed by atoms with Crippen LogP contribution in [0.25, 0.3) is 0 Å². The Balaban J connectivity index is 1.79. The van der Waals surface area contributed by atoms with Crippen LogP contribution >= 0.6 is 19.2 Å². The van der Waals surface area contributed by atoms with Crippen molar-refractivity contribution >= 4 is 42.5 Å². The van der Waals surface area contributed by atoms with Crippen LogP contribution in [-0.2, 0) is 4.57 Å². The minimum Gasteiger partial charge on any atom is -0.304 e. The summed E-state index contributed by atoms with van der Waals surface area (Å²) in [4.78, 5) is 20.4. The molecule has 0 fully saturated rings. The number of nitrogens with one attached hydrogen (secondary N) is 4. The maximum absolute atomic E-state index is 13.4. The van der Waals surface area contributed by atoms with Crippen molar-refractivity contribution < 1.29 is 9.36 Å². The van der Waals surface area contributed by atoms with Crippen molar-refractivity contribution in [3.05, 3.63) is 77.6 Å². The molecular formula is C18H18ClN6O2P. The molecule has 8 nitrogen and oxygen atoms in total.